The number of benzene rings is 1. The summed E-state index contributed by atoms with van der Waals surface area (Å²) in [5.41, 5.74) is 0.857. The molecule has 0 aliphatic carbocycles. The van der Waals surface area contributed by atoms with Crippen LogP contribution in [0.25, 0.3) is 10.8 Å². The zero-order valence-corrected chi connectivity index (χ0v) is 11.7. The van der Waals surface area contributed by atoms with Gasteiger partial charge in [-0.3, -0.25) is 4.79 Å². The van der Waals surface area contributed by atoms with Crippen molar-refractivity contribution in [2.75, 3.05) is 18.0 Å². The van der Waals surface area contributed by atoms with Gasteiger partial charge in [-0.15, -0.1) is 5.10 Å². The van der Waals surface area contributed by atoms with Crippen molar-refractivity contribution in [2.45, 2.75) is 19.4 Å². The van der Waals surface area contributed by atoms with Crippen LogP contribution in [0.1, 0.15) is 12.1 Å². The number of β-amino-alcohol motifs (C(OH)–C–C–N with tert-alkyl or cyclic N) is 1. The van der Waals surface area contributed by atoms with Gasteiger partial charge >= 0.3 is 5.97 Å². The van der Waals surface area contributed by atoms with Crippen LogP contribution in [-0.2, 0) is 4.79 Å². The number of aromatic nitrogens is 2. The summed E-state index contributed by atoms with van der Waals surface area (Å²) in [4.78, 5) is 13.0. The number of carboxylic acids is 1. The van der Waals surface area contributed by atoms with E-state index in [1.54, 1.807) is 0 Å². The second kappa shape index (κ2) is 5.29. The van der Waals surface area contributed by atoms with Crippen LogP contribution in [0.5, 0.6) is 0 Å². The van der Waals surface area contributed by atoms with E-state index in [4.69, 9.17) is 5.11 Å². The van der Waals surface area contributed by atoms with E-state index in [0.717, 1.165) is 16.5 Å². The lowest BCUT2D eigenvalue weighted by Gasteiger charge is -2.35. The smallest absolute Gasteiger partial charge is 0.309 e. The number of hydrogen-bond donors (Lipinski definition) is 2. The van der Waals surface area contributed by atoms with Crippen molar-refractivity contribution in [3.63, 3.8) is 0 Å². The Balaban J connectivity index is 1.95. The Labute approximate surface area is 122 Å². The number of carbonyl (C=O) groups is 1. The van der Waals surface area contributed by atoms with Crippen molar-refractivity contribution in [1.82, 2.24) is 10.2 Å². The van der Waals surface area contributed by atoms with E-state index in [9.17, 15) is 9.90 Å². The maximum atomic E-state index is 11.1. The Morgan fingerprint density at radius 1 is 1.29 bits per heavy atom. The van der Waals surface area contributed by atoms with Crippen LogP contribution >= 0.6 is 0 Å². The van der Waals surface area contributed by atoms with Gasteiger partial charge in [0.2, 0.25) is 0 Å². The summed E-state index contributed by atoms with van der Waals surface area (Å²) in [6, 6.07) is 7.85. The lowest BCUT2D eigenvalue weighted by atomic mass is 9.94. The number of aliphatic hydroxyl groups excluding tert-OH is 1. The molecule has 0 bridgehead atoms. The first-order valence-corrected chi connectivity index (χ1v) is 6.96. The minimum Gasteiger partial charge on any atom is -0.481 e. The summed E-state index contributed by atoms with van der Waals surface area (Å²) >= 11 is 0. The topological polar surface area (TPSA) is 86.6 Å². The molecule has 3 rings (SSSR count). The Morgan fingerprint density at radius 3 is 2.67 bits per heavy atom. The van der Waals surface area contributed by atoms with Gasteiger partial charge in [0.1, 0.15) is 0 Å². The predicted molar refractivity (Wildman–Crippen MR) is 78.2 cm³/mol. The van der Waals surface area contributed by atoms with Crippen LogP contribution < -0.4 is 4.90 Å². The van der Waals surface area contributed by atoms with E-state index < -0.39 is 18.0 Å². The summed E-state index contributed by atoms with van der Waals surface area (Å²) in [6.07, 6.45) is -0.487. The highest BCUT2D eigenvalue weighted by molar-refractivity contribution is 5.93. The van der Waals surface area contributed by atoms with Crippen molar-refractivity contribution in [3.05, 3.63) is 30.0 Å². The van der Waals surface area contributed by atoms with E-state index in [-0.39, 0.29) is 6.54 Å². The molecule has 0 saturated carbocycles. The fraction of sp³-hybridized carbons (Fsp3) is 0.400. The van der Waals surface area contributed by atoms with Gasteiger partial charge in [-0.25, -0.2) is 0 Å². The minimum absolute atomic E-state index is 0.263. The maximum absolute atomic E-state index is 11.1. The summed E-state index contributed by atoms with van der Waals surface area (Å²) in [5, 5.41) is 29.5. The minimum atomic E-state index is -0.943. The van der Waals surface area contributed by atoms with Crippen molar-refractivity contribution < 1.29 is 15.0 Å². The van der Waals surface area contributed by atoms with Crippen LogP contribution in [0.4, 0.5) is 5.82 Å². The Hall–Kier alpha value is -2.21. The summed E-state index contributed by atoms with van der Waals surface area (Å²) < 4.78 is 0. The molecule has 1 aliphatic heterocycles. The van der Waals surface area contributed by atoms with Crippen LogP contribution in [0, 0.1) is 12.8 Å². The number of aliphatic carboxylic acids is 1. The monoisotopic (exact) mass is 287 g/mol. The lowest BCUT2D eigenvalue weighted by Crippen LogP contribution is -2.47. The summed E-state index contributed by atoms with van der Waals surface area (Å²) in [5.74, 6) is -0.938. The standard InChI is InChI=1S/C15H17N3O3/c1-9-10-4-2-3-5-11(10)14(17-16-9)18-7-6-12(15(20)21)13(19)8-18/h2-5,12-13,19H,6-8H2,1H3,(H,20,21)/t12-,13+/m0/s1. The van der Waals surface area contributed by atoms with Crippen LogP contribution in [0.3, 0.4) is 0 Å². The number of rotatable bonds is 2. The second-order valence-electron chi connectivity index (χ2n) is 5.40. The molecule has 0 amide bonds. The number of nitrogens with zero attached hydrogens (tertiary/aromatic N) is 3. The van der Waals surface area contributed by atoms with Crippen molar-refractivity contribution in [2.24, 2.45) is 5.92 Å². The molecule has 2 N–H and O–H groups in total. The fourth-order valence-electron chi connectivity index (χ4n) is 2.87. The predicted octanol–water partition coefficient (Wildman–Crippen LogP) is 1.21. The van der Waals surface area contributed by atoms with E-state index in [1.165, 1.54) is 0 Å². The lowest BCUT2D eigenvalue weighted by molar-refractivity contribution is -0.146. The first-order valence-electron chi connectivity index (χ1n) is 6.96. The molecule has 1 fully saturated rings. The van der Waals surface area contributed by atoms with Crippen LogP contribution in [0.15, 0.2) is 24.3 Å². The van der Waals surface area contributed by atoms with Gasteiger partial charge in [0, 0.05) is 23.9 Å². The number of carboxylic acid groups (broad SMARTS) is 1. The van der Waals surface area contributed by atoms with Gasteiger partial charge in [-0.1, -0.05) is 24.3 Å². The first kappa shape index (κ1) is 13.8. The summed E-state index contributed by atoms with van der Waals surface area (Å²) in [7, 11) is 0. The molecule has 2 aromatic rings. The third-order valence-corrected chi connectivity index (χ3v) is 4.05. The molecule has 0 unspecified atom stereocenters. The Morgan fingerprint density at radius 2 is 2.00 bits per heavy atom. The van der Waals surface area contributed by atoms with Gasteiger partial charge in [-0.05, 0) is 13.3 Å². The van der Waals surface area contributed by atoms with E-state index >= 15 is 0 Å². The second-order valence-corrected chi connectivity index (χ2v) is 5.40. The molecule has 2 atom stereocenters. The summed E-state index contributed by atoms with van der Waals surface area (Å²) in [6.45, 7) is 2.72. The molecule has 6 heteroatoms. The molecule has 0 spiro atoms. The molecule has 1 aromatic carbocycles. The average molecular weight is 287 g/mol. The third-order valence-electron chi connectivity index (χ3n) is 4.05. The molecule has 6 nitrogen and oxygen atoms in total. The molecule has 2 heterocycles. The van der Waals surface area contributed by atoms with Gasteiger partial charge in [-0.2, -0.15) is 5.10 Å². The highest BCUT2D eigenvalue weighted by Crippen LogP contribution is 2.29. The molecule has 1 aliphatic rings. The number of fused-ring (bicyclic) bond motifs is 1. The number of hydrogen-bond acceptors (Lipinski definition) is 5. The van der Waals surface area contributed by atoms with E-state index in [1.807, 2.05) is 36.1 Å². The average Bonchev–Trinajstić information content (AvgIpc) is 2.47. The van der Waals surface area contributed by atoms with Crippen LogP contribution in [0.2, 0.25) is 0 Å². The molecule has 1 aromatic heterocycles. The Bertz CT molecular complexity index is 689. The molecule has 110 valence electrons. The van der Waals surface area contributed by atoms with Crippen molar-refractivity contribution in [1.29, 1.82) is 0 Å². The number of piperidine rings is 1. The SMILES string of the molecule is Cc1nnc(N2CC[C@H](C(=O)O)[C@H](O)C2)c2ccccc12. The third kappa shape index (κ3) is 2.42. The molecule has 21 heavy (non-hydrogen) atoms. The fourth-order valence-corrected chi connectivity index (χ4v) is 2.87. The zero-order valence-electron chi connectivity index (χ0n) is 11.7. The largest absolute Gasteiger partial charge is 0.481 e. The quantitative estimate of drug-likeness (QED) is 0.863. The van der Waals surface area contributed by atoms with Crippen molar-refractivity contribution in [3.8, 4) is 0 Å². The van der Waals surface area contributed by atoms with Crippen molar-refractivity contribution >= 4 is 22.6 Å². The van der Waals surface area contributed by atoms with Gasteiger partial charge in [0.15, 0.2) is 5.82 Å². The maximum Gasteiger partial charge on any atom is 0.309 e. The van der Waals surface area contributed by atoms with Gasteiger partial charge in [0.25, 0.3) is 0 Å². The van der Waals surface area contributed by atoms with Gasteiger partial charge < -0.3 is 15.1 Å². The normalized spacial score (nSPS) is 22.5. The molecule has 1 saturated heterocycles. The zero-order chi connectivity index (χ0) is 15.0. The first-order chi connectivity index (χ1) is 10.1. The number of aliphatic hydroxyl groups is 1. The molecular formula is C15H17N3O3. The number of anilines is 1. The number of aryl methyl sites for hydroxylation is 1. The van der Waals surface area contributed by atoms with Gasteiger partial charge in [0.05, 0.1) is 17.7 Å². The molecule has 0 radical (unpaired) electrons. The highest BCUT2D eigenvalue weighted by Gasteiger charge is 2.33. The highest BCUT2D eigenvalue weighted by atomic mass is 16.4. The van der Waals surface area contributed by atoms with Crippen LogP contribution in [-0.4, -0.2) is 45.6 Å². The Kier molecular flexibility index (Phi) is 3.47. The molecular weight excluding hydrogens is 270 g/mol. The van der Waals surface area contributed by atoms with E-state index in [2.05, 4.69) is 10.2 Å². The van der Waals surface area contributed by atoms with E-state index in [0.29, 0.717) is 18.8 Å².